The molecule has 1 saturated carbocycles. The highest BCUT2D eigenvalue weighted by atomic mass is 16.1. The van der Waals surface area contributed by atoms with Crippen LogP contribution in [-0.2, 0) is 0 Å². The van der Waals surface area contributed by atoms with Crippen LogP contribution < -0.4 is 0 Å². The molecule has 35 heavy (non-hydrogen) atoms. The van der Waals surface area contributed by atoms with Gasteiger partial charge in [0.15, 0.2) is 5.78 Å². The lowest BCUT2D eigenvalue weighted by molar-refractivity contribution is 0.0979. The van der Waals surface area contributed by atoms with Crippen molar-refractivity contribution in [2.45, 2.75) is 116 Å². The molecule has 2 aromatic rings. The van der Waals surface area contributed by atoms with E-state index in [1.165, 1.54) is 61.6 Å². The monoisotopic (exact) mass is 471 g/mol. The maximum Gasteiger partial charge on any atom is 0.162 e. The lowest BCUT2D eigenvalue weighted by Crippen LogP contribution is -2.25. The number of carbonyl (C=O) groups excluding carboxylic acids is 1. The second-order valence-electron chi connectivity index (χ2n) is 10.7. The van der Waals surface area contributed by atoms with Crippen LogP contribution in [-0.4, -0.2) is 5.78 Å². The number of benzene rings is 2. The van der Waals surface area contributed by atoms with Gasteiger partial charge < -0.3 is 0 Å². The lowest BCUT2D eigenvalue weighted by atomic mass is 9.67. The Morgan fingerprint density at radius 1 is 0.857 bits per heavy atom. The van der Waals surface area contributed by atoms with E-state index in [0.29, 0.717) is 12.3 Å². The van der Waals surface area contributed by atoms with Crippen molar-refractivity contribution in [1.82, 2.24) is 0 Å². The van der Waals surface area contributed by atoms with Crippen LogP contribution in [0.4, 0.5) is 0 Å². The number of nitriles is 1. The predicted molar refractivity (Wildman–Crippen MR) is 148 cm³/mol. The molecule has 0 atom stereocenters. The summed E-state index contributed by atoms with van der Waals surface area (Å²) in [5, 5.41) is 10.0. The van der Waals surface area contributed by atoms with Crippen LogP contribution in [0.2, 0.25) is 0 Å². The summed E-state index contributed by atoms with van der Waals surface area (Å²) in [4.78, 5) is 12.6. The van der Waals surface area contributed by atoms with E-state index in [0.717, 1.165) is 50.5 Å². The number of nitrogens with zero attached hydrogens (tertiary/aromatic N) is 1. The Morgan fingerprint density at radius 3 is 2.14 bits per heavy atom. The minimum absolute atomic E-state index is 0.114. The third-order valence-corrected chi connectivity index (χ3v) is 8.11. The Kier molecular flexibility index (Phi) is 11.1. The Bertz CT molecular complexity index is 944. The average molecular weight is 472 g/mol. The first-order valence-corrected chi connectivity index (χ1v) is 14.3. The number of Topliss-reactive ketones (excluding diaryl/α,β-unsaturated/α-hetero) is 1. The highest BCUT2D eigenvalue weighted by Gasteiger charge is 2.36. The molecule has 1 aliphatic carbocycles. The topological polar surface area (TPSA) is 40.9 Å². The zero-order valence-electron chi connectivity index (χ0n) is 22.2. The molecule has 0 heterocycles. The van der Waals surface area contributed by atoms with E-state index in [9.17, 15) is 10.1 Å². The summed E-state index contributed by atoms with van der Waals surface area (Å²) in [7, 11) is 0. The molecule has 2 nitrogen and oxygen atoms in total. The number of unbranched alkanes of at least 4 members (excludes halogenated alkanes) is 7. The molecule has 0 N–H and O–H groups in total. The van der Waals surface area contributed by atoms with Gasteiger partial charge in [0.05, 0.1) is 11.5 Å². The molecule has 0 aromatic heterocycles. The van der Waals surface area contributed by atoms with E-state index in [2.05, 4.69) is 56.3 Å². The first-order chi connectivity index (χ1) is 17.1. The van der Waals surface area contributed by atoms with Crippen LogP contribution in [0.1, 0.15) is 132 Å². The smallest absolute Gasteiger partial charge is 0.162 e. The summed E-state index contributed by atoms with van der Waals surface area (Å²) in [6, 6.07) is 19.7. The van der Waals surface area contributed by atoms with Gasteiger partial charge in [-0.25, -0.2) is 0 Å². The average Bonchev–Trinajstić information content (AvgIpc) is 2.91. The third kappa shape index (κ3) is 7.79. The van der Waals surface area contributed by atoms with Gasteiger partial charge in [-0.2, -0.15) is 5.26 Å². The molecule has 3 rings (SSSR count). The van der Waals surface area contributed by atoms with Gasteiger partial charge in [0.25, 0.3) is 0 Å². The van der Waals surface area contributed by atoms with Crippen molar-refractivity contribution >= 4 is 5.78 Å². The molecule has 0 bridgehead atoms. The number of hydrogen-bond acceptors (Lipinski definition) is 2. The van der Waals surface area contributed by atoms with Crippen molar-refractivity contribution < 1.29 is 4.79 Å². The van der Waals surface area contributed by atoms with Crippen molar-refractivity contribution in [1.29, 1.82) is 5.26 Å². The molecule has 2 heteroatoms. The van der Waals surface area contributed by atoms with Gasteiger partial charge in [0, 0.05) is 12.0 Å². The maximum absolute atomic E-state index is 12.6. The predicted octanol–water partition coefficient (Wildman–Crippen LogP) is 10.0. The van der Waals surface area contributed by atoms with Crippen molar-refractivity contribution in [3.8, 4) is 17.2 Å². The van der Waals surface area contributed by atoms with Crippen molar-refractivity contribution in [2.24, 2.45) is 5.41 Å². The van der Waals surface area contributed by atoms with Gasteiger partial charge in [0.2, 0.25) is 0 Å². The Morgan fingerprint density at radius 2 is 1.49 bits per heavy atom. The van der Waals surface area contributed by atoms with Crippen molar-refractivity contribution in [3.63, 3.8) is 0 Å². The SMILES string of the molecule is CCCCCCCC1(C#N)CCC(c2ccccc2-c2ccc(C(=O)CCCCCC)cc2)CC1. The Hall–Kier alpha value is -2.40. The fraction of sp³-hybridized carbons (Fsp3) is 0.576. The van der Waals surface area contributed by atoms with E-state index >= 15 is 0 Å². The zero-order chi connectivity index (χ0) is 24.9. The quantitative estimate of drug-likeness (QED) is 0.203. The minimum Gasteiger partial charge on any atom is -0.294 e. The summed E-state index contributed by atoms with van der Waals surface area (Å²) in [5.41, 5.74) is 4.59. The Balaban J connectivity index is 1.62. The molecule has 0 unspecified atom stereocenters. The largest absolute Gasteiger partial charge is 0.294 e. The Labute approximate surface area is 214 Å². The van der Waals surface area contributed by atoms with Crippen LogP contribution in [0.25, 0.3) is 11.1 Å². The second-order valence-corrected chi connectivity index (χ2v) is 10.7. The zero-order valence-corrected chi connectivity index (χ0v) is 22.2. The number of carbonyl (C=O) groups is 1. The first kappa shape index (κ1) is 27.2. The van der Waals surface area contributed by atoms with Gasteiger partial charge in [-0.1, -0.05) is 114 Å². The molecular weight excluding hydrogens is 426 g/mol. The van der Waals surface area contributed by atoms with Crippen molar-refractivity contribution in [3.05, 3.63) is 59.7 Å². The number of rotatable bonds is 14. The summed E-state index contributed by atoms with van der Waals surface area (Å²) < 4.78 is 0. The van der Waals surface area contributed by atoms with Gasteiger partial charge in [-0.05, 0) is 61.1 Å². The maximum atomic E-state index is 12.6. The van der Waals surface area contributed by atoms with Crippen molar-refractivity contribution in [2.75, 3.05) is 0 Å². The van der Waals surface area contributed by atoms with E-state index < -0.39 is 0 Å². The van der Waals surface area contributed by atoms with E-state index in [1.807, 2.05) is 12.1 Å². The van der Waals surface area contributed by atoms with Crippen LogP contribution in [0.15, 0.2) is 48.5 Å². The molecule has 2 aromatic carbocycles. The van der Waals surface area contributed by atoms with E-state index in [4.69, 9.17) is 0 Å². The van der Waals surface area contributed by atoms with E-state index in [1.54, 1.807) is 0 Å². The molecule has 0 spiro atoms. The molecule has 0 radical (unpaired) electrons. The number of hydrogen-bond donors (Lipinski definition) is 0. The summed E-state index contributed by atoms with van der Waals surface area (Å²) in [6.45, 7) is 4.45. The molecular formula is C33H45NO. The fourth-order valence-corrected chi connectivity index (χ4v) is 5.77. The van der Waals surface area contributed by atoms with Crippen LogP contribution in [0.3, 0.4) is 0 Å². The summed E-state index contributed by atoms with van der Waals surface area (Å²) >= 11 is 0. The lowest BCUT2D eigenvalue weighted by Gasteiger charge is -2.36. The van der Waals surface area contributed by atoms with Crippen LogP contribution in [0.5, 0.6) is 0 Å². The van der Waals surface area contributed by atoms with E-state index in [-0.39, 0.29) is 11.2 Å². The third-order valence-electron chi connectivity index (χ3n) is 8.11. The van der Waals surface area contributed by atoms with Crippen LogP contribution in [0, 0.1) is 16.7 Å². The standard InChI is InChI=1S/C33H45NO/c1-3-5-7-9-13-23-33(26-34)24-21-28(22-25-33)31-15-12-11-14-30(31)27-17-19-29(20-18-27)32(35)16-10-8-6-4-2/h11-12,14-15,17-20,28H,3-10,13,16,21-25H2,1-2H3. The summed E-state index contributed by atoms with van der Waals surface area (Å²) in [6.07, 6.45) is 16.8. The van der Waals surface area contributed by atoms with Gasteiger partial charge in [-0.15, -0.1) is 0 Å². The molecule has 188 valence electrons. The first-order valence-electron chi connectivity index (χ1n) is 14.3. The highest BCUT2D eigenvalue weighted by molar-refractivity contribution is 5.96. The molecule has 1 fully saturated rings. The van der Waals surface area contributed by atoms with Crippen LogP contribution >= 0.6 is 0 Å². The molecule has 1 aliphatic rings. The molecule has 0 amide bonds. The van der Waals surface area contributed by atoms with Gasteiger partial charge in [0.1, 0.15) is 0 Å². The number of ketones is 1. The molecule has 0 aliphatic heterocycles. The minimum atomic E-state index is -0.114. The fourth-order valence-electron chi connectivity index (χ4n) is 5.77. The van der Waals surface area contributed by atoms with Gasteiger partial charge in [-0.3, -0.25) is 4.79 Å². The normalized spacial score (nSPS) is 19.9. The molecule has 0 saturated heterocycles. The highest BCUT2D eigenvalue weighted by Crippen LogP contribution is 2.47. The second kappa shape index (κ2) is 14.2. The van der Waals surface area contributed by atoms with Gasteiger partial charge >= 0.3 is 0 Å². The summed E-state index contributed by atoms with van der Waals surface area (Å²) in [5.74, 6) is 0.767.